The first-order valence-corrected chi connectivity index (χ1v) is 7.73. The van der Waals surface area contributed by atoms with E-state index in [2.05, 4.69) is 5.10 Å². The summed E-state index contributed by atoms with van der Waals surface area (Å²) in [5.74, 6) is -3.09. The number of anilines is 2. The highest BCUT2D eigenvalue weighted by molar-refractivity contribution is 5.87. The Morgan fingerprint density at radius 2 is 1.64 bits per heavy atom. The minimum Gasteiger partial charge on any atom is -0.278 e. The van der Waals surface area contributed by atoms with Crippen LogP contribution in [0.15, 0.2) is 42.5 Å². The zero-order valence-electron chi connectivity index (χ0n) is 14.1. The van der Waals surface area contributed by atoms with Gasteiger partial charge in [0, 0.05) is 12.6 Å². The lowest BCUT2D eigenvalue weighted by Gasteiger charge is -2.19. The molecule has 0 spiro atoms. The number of rotatable bonds is 4. The SMILES string of the molecule is Cn1nc(C(F)(F)F)cc1-c1ccc(N(C=O)c2c(F)cccc2F)cc1F. The number of hydrogen-bond donors (Lipinski definition) is 0. The summed E-state index contributed by atoms with van der Waals surface area (Å²) in [4.78, 5) is 11.9. The van der Waals surface area contributed by atoms with Crippen LogP contribution < -0.4 is 4.90 Å². The molecule has 10 heteroatoms. The van der Waals surface area contributed by atoms with Gasteiger partial charge in [0.15, 0.2) is 5.69 Å². The Labute approximate surface area is 154 Å². The fraction of sp³-hybridized carbons (Fsp3) is 0.111. The molecule has 0 unspecified atom stereocenters. The van der Waals surface area contributed by atoms with Gasteiger partial charge in [-0.05, 0) is 36.4 Å². The fourth-order valence-electron chi connectivity index (χ4n) is 2.68. The van der Waals surface area contributed by atoms with Crippen molar-refractivity contribution in [3.05, 3.63) is 65.6 Å². The zero-order chi connectivity index (χ0) is 20.6. The van der Waals surface area contributed by atoms with Gasteiger partial charge in [0.25, 0.3) is 0 Å². The Morgan fingerprint density at radius 3 is 2.14 bits per heavy atom. The van der Waals surface area contributed by atoms with Gasteiger partial charge in [-0.25, -0.2) is 13.2 Å². The molecule has 0 aliphatic carbocycles. The molecule has 2 aromatic carbocycles. The van der Waals surface area contributed by atoms with Crippen molar-refractivity contribution < 1.29 is 31.1 Å². The molecule has 4 nitrogen and oxygen atoms in total. The average molecular weight is 399 g/mol. The van der Waals surface area contributed by atoms with E-state index in [9.17, 15) is 31.1 Å². The number of nitrogens with zero attached hydrogens (tertiary/aromatic N) is 3. The first kappa shape index (κ1) is 19.5. The third-order valence-electron chi connectivity index (χ3n) is 3.96. The Morgan fingerprint density at radius 1 is 1.00 bits per heavy atom. The molecule has 3 rings (SSSR count). The summed E-state index contributed by atoms with van der Waals surface area (Å²) in [6, 6.07) is 6.65. The quantitative estimate of drug-likeness (QED) is 0.466. The summed E-state index contributed by atoms with van der Waals surface area (Å²) < 4.78 is 81.7. The summed E-state index contributed by atoms with van der Waals surface area (Å²) in [6.45, 7) is 0. The van der Waals surface area contributed by atoms with Crippen LogP contribution in [0.4, 0.5) is 37.7 Å². The summed E-state index contributed by atoms with van der Waals surface area (Å²) in [6.07, 6.45) is -4.61. The maximum atomic E-state index is 14.6. The summed E-state index contributed by atoms with van der Waals surface area (Å²) in [7, 11) is 1.21. The molecule has 0 saturated heterocycles. The largest absolute Gasteiger partial charge is 0.435 e. The van der Waals surface area contributed by atoms with Gasteiger partial charge in [0.2, 0.25) is 6.41 Å². The molecule has 0 atom stereocenters. The molecule has 0 saturated carbocycles. The smallest absolute Gasteiger partial charge is 0.278 e. The topological polar surface area (TPSA) is 38.1 Å². The predicted molar refractivity (Wildman–Crippen MR) is 88.2 cm³/mol. The van der Waals surface area contributed by atoms with Crippen LogP contribution in [-0.2, 0) is 18.0 Å². The summed E-state index contributed by atoms with van der Waals surface area (Å²) in [5, 5.41) is 3.30. The van der Waals surface area contributed by atoms with Crippen molar-refractivity contribution in [1.29, 1.82) is 0 Å². The standard InChI is InChI=1S/C18H11F6N3O/c1-26-15(8-16(25-26)18(22,23)24)11-6-5-10(7-14(11)21)27(9-28)17-12(19)3-2-4-13(17)20/h2-9H,1H3. The van der Waals surface area contributed by atoms with Crippen LogP contribution in [0.5, 0.6) is 0 Å². The number of carbonyl (C=O) groups is 1. The second-order valence-corrected chi connectivity index (χ2v) is 5.75. The molecule has 0 aliphatic rings. The van der Waals surface area contributed by atoms with E-state index in [0.29, 0.717) is 11.0 Å². The minimum atomic E-state index is -4.71. The molecular formula is C18H11F6N3O. The van der Waals surface area contributed by atoms with Gasteiger partial charge < -0.3 is 0 Å². The van der Waals surface area contributed by atoms with Crippen molar-refractivity contribution in [2.45, 2.75) is 6.18 Å². The van der Waals surface area contributed by atoms with Gasteiger partial charge in [-0.15, -0.1) is 0 Å². The molecular weight excluding hydrogens is 388 g/mol. The number of halogens is 6. The molecule has 0 fully saturated rings. The van der Waals surface area contributed by atoms with Crippen molar-refractivity contribution in [3.63, 3.8) is 0 Å². The number of amides is 1. The highest BCUT2D eigenvalue weighted by Gasteiger charge is 2.35. The number of alkyl halides is 3. The second kappa shape index (κ2) is 7.02. The fourth-order valence-corrected chi connectivity index (χ4v) is 2.68. The van der Waals surface area contributed by atoms with Crippen LogP contribution in [-0.4, -0.2) is 16.2 Å². The highest BCUT2D eigenvalue weighted by Crippen LogP contribution is 2.35. The van der Waals surface area contributed by atoms with E-state index in [1.807, 2.05) is 0 Å². The van der Waals surface area contributed by atoms with E-state index < -0.39 is 35.0 Å². The Bertz CT molecular complexity index is 1020. The van der Waals surface area contributed by atoms with Gasteiger partial charge in [-0.2, -0.15) is 18.3 Å². The summed E-state index contributed by atoms with van der Waals surface area (Å²) >= 11 is 0. The number of aromatic nitrogens is 2. The van der Waals surface area contributed by atoms with Gasteiger partial charge >= 0.3 is 6.18 Å². The van der Waals surface area contributed by atoms with Crippen LogP contribution >= 0.6 is 0 Å². The number of hydrogen-bond acceptors (Lipinski definition) is 2. The van der Waals surface area contributed by atoms with E-state index in [4.69, 9.17) is 0 Å². The molecule has 1 aromatic heterocycles. The van der Waals surface area contributed by atoms with E-state index >= 15 is 0 Å². The average Bonchev–Trinajstić information content (AvgIpc) is 3.00. The first-order chi connectivity index (χ1) is 13.1. The van der Waals surface area contributed by atoms with Gasteiger partial charge in [-0.1, -0.05) is 6.07 Å². The van der Waals surface area contributed by atoms with E-state index in [1.54, 1.807) is 0 Å². The van der Waals surface area contributed by atoms with Crippen LogP contribution in [0.2, 0.25) is 0 Å². The zero-order valence-corrected chi connectivity index (χ0v) is 14.1. The molecule has 3 aromatic rings. The monoisotopic (exact) mass is 399 g/mol. The Hall–Kier alpha value is -3.30. The maximum absolute atomic E-state index is 14.6. The van der Waals surface area contributed by atoms with Gasteiger partial charge in [0.05, 0.1) is 11.4 Å². The number of benzene rings is 2. The highest BCUT2D eigenvalue weighted by atomic mass is 19.4. The summed E-state index contributed by atoms with van der Waals surface area (Å²) in [5.41, 5.74) is -2.50. The number of carbonyl (C=O) groups excluding carboxylic acids is 1. The van der Waals surface area contributed by atoms with E-state index in [-0.39, 0.29) is 23.4 Å². The van der Waals surface area contributed by atoms with Crippen molar-refractivity contribution in [2.24, 2.45) is 7.05 Å². The van der Waals surface area contributed by atoms with Crippen LogP contribution in [0.3, 0.4) is 0 Å². The van der Waals surface area contributed by atoms with Crippen LogP contribution in [0, 0.1) is 17.5 Å². The third-order valence-corrected chi connectivity index (χ3v) is 3.96. The number of para-hydroxylation sites is 1. The van der Waals surface area contributed by atoms with Crippen molar-refractivity contribution in [2.75, 3.05) is 4.90 Å². The van der Waals surface area contributed by atoms with E-state index in [0.717, 1.165) is 41.1 Å². The lowest BCUT2D eigenvalue weighted by atomic mass is 10.1. The normalized spacial score (nSPS) is 11.5. The molecule has 1 heterocycles. The van der Waals surface area contributed by atoms with Crippen molar-refractivity contribution in [1.82, 2.24) is 9.78 Å². The van der Waals surface area contributed by atoms with Gasteiger partial charge in [-0.3, -0.25) is 14.4 Å². The van der Waals surface area contributed by atoms with E-state index in [1.165, 1.54) is 7.05 Å². The number of aryl methyl sites for hydroxylation is 1. The molecule has 0 N–H and O–H groups in total. The van der Waals surface area contributed by atoms with Crippen LogP contribution in [0.25, 0.3) is 11.3 Å². The third kappa shape index (κ3) is 3.45. The molecule has 28 heavy (non-hydrogen) atoms. The van der Waals surface area contributed by atoms with Crippen molar-refractivity contribution in [3.8, 4) is 11.3 Å². The van der Waals surface area contributed by atoms with Crippen LogP contribution in [0.1, 0.15) is 5.69 Å². The first-order valence-electron chi connectivity index (χ1n) is 7.73. The molecule has 1 amide bonds. The second-order valence-electron chi connectivity index (χ2n) is 5.75. The lowest BCUT2D eigenvalue weighted by molar-refractivity contribution is -0.141. The molecule has 146 valence electrons. The molecule has 0 radical (unpaired) electrons. The predicted octanol–water partition coefficient (Wildman–Crippen LogP) is 4.82. The lowest BCUT2D eigenvalue weighted by Crippen LogP contribution is -2.17. The molecule has 0 aliphatic heterocycles. The Kier molecular flexibility index (Phi) is 4.88. The van der Waals surface area contributed by atoms with Gasteiger partial charge in [0.1, 0.15) is 23.1 Å². The minimum absolute atomic E-state index is 0.0990. The maximum Gasteiger partial charge on any atom is 0.435 e. The Balaban J connectivity index is 2.06. The van der Waals surface area contributed by atoms with Crippen molar-refractivity contribution >= 4 is 17.8 Å². The molecule has 0 bridgehead atoms.